The first-order valence-corrected chi connectivity index (χ1v) is 9.75. The second kappa shape index (κ2) is 4.86. The minimum Gasteiger partial charge on any atom is -0.0758 e. The van der Waals surface area contributed by atoms with Crippen LogP contribution in [-0.4, -0.2) is 0 Å². The lowest BCUT2D eigenvalue weighted by Gasteiger charge is -2.44. The highest BCUT2D eigenvalue weighted by molar-refractivity contribution is 9.10. The third-order valence-electron chi connectivity index (χ3n) is 6.43. The Bertz CT molecular complexity index is 1000. The Morgan fingerprint density at radius 1 is 0.880 bits per heavy atom. The molecule has 2 unspecified atom stereocenters. The van der Waals surface area contributed by atoms with Gasteiger partial charge in [-0.05, 0) is 45.5 Å². The molecule has 0 nitrogen and oxygen atoms in total. The number of rotatable bonds is 0. The molecule has 2 aromatic rings. The smallest absolute Gasteiger partial charge is 0.0216 e. The molecule has 0 aliphatic heterocycles. The molecule has 0 saturated heterocycles. The highest BCUT2D eigenvalue weighted by atomic mass is 79.9. The van der Waals surface area contributed by atoms with Gasteiger partial charge in [-0.1, -0.05) is 91.3 Å². The lowest BCUT2D eigenvalue weighted by molar-refractivity contribution is 0.502. The third-order valence-corrected chi connectivity index (χ3v) is 6.92. The van der Waals surface area contributed by atoms with Crippen LogP contribution in [0.3, 0.4) is 0 Å². The van der Waals surface area contributed by atoms with Gasteiger partial charge in [0.2, 0.25) is 0 Å². The predicted octanol–water partition coefficient (Wildman–Crippen LogP) is 6.66. The highest BCUT2D eigenvalue weighted by Gasteiger charge is 2.50. The molecule has 0 aromatic heterocycles. The summed E-state index contributed by atoms with van der Waals surface area (Å²) in [6.07, 6.45) is 9.22. The summed E-state index contributed by atoms with van der Waals surface area (Å²) in [5.74, 6) is 0.393. The second-order valence-electron chi connectivity index (χ2n) is 8.15. The molecule has 0 heterocycles. The van der Waals surface area contributed by atoms with Gasteiger partial charge in [-0.25, -0.2) is 0 Å². The SMILES string of the molecule is CC1(C)C2=C(c3ccc(Br)cc31)C1C=CC=CC1(C)c1ccccc12. The van der Waals surface area contributed by atoms with Crippen LogP contribution in [0.15, 0.2) is 71.2 Å². The second-order valence-corrected chi connectivity index (χ2v) is 9.07. The lowest BCUT2D eigenvalue weighted by Crippen LogP contribution is -2.36. The summed E-state index contributed by atoms with van der Waals surface area (Å²) in [5.41, 5.74) is 8.82. The molecule has 1 heteroatoms. The molecule has 5 rings (SSSR count). The van der Waals surface area contributed by atoms with Crippen molar-refractivity contribution in [1.29, 1.82) is 0 Å². The average Bonchev–Trinajstić information content (AvgIpc) is 2.83. The maximum atomic E-state index is 3.68. The van der Waals surface area contributed by atoms with E-state index >= 15 is 0 Å². The van der Waals surface area contributed by atoms with E-state index < -0.39 is 0 Å². The molecule has 0 bridgehead atoms. The zero-order chi connectivity index (χ0) is 17.4. The Hall–Kier alpha value is -1.86. The Labute approximate surface area is 158 Å². The molecule has 0 N–H and O–H groups in total. The van der Waals surface area contributed by atoms with Crippen molar-refractivity contribution in [2.24, 2.45) is 5.92 Å². The lowest BCUT2D eigenvalue weighted by atomic mass is 9.59. The zero-order valence-corrected chi connectivity index (χ0v) is 16.4. The van der Waals surface area contributed by atoms with E-state index in [9.17, 15) is 0 Å². The standard InChI is InChI=1S/C24H21Br/c1-23(2)20-14-15(25)11-12-16(20)21-19-10-6-7-13-24(19,3)18-9-5-4-8-17(18)22(21)23/h4-14,19H,1-3H3. The number of hydrogen-bond donors (Lipinski definition) is 0. The number of hydrogen-bond acceptors (Lipinski definition) is 0. The van der Waals surface area contributed by atoms with Crippen LogP contribution in [0, 0.1) is 5.92 Å². The highest BCUT2D eigenvalue weighted by Crippen LogP contribution is 2.62. The quantitative estimate of drug-likeness (QED) is 0.472. The van der Waals surface area contributed by atoms with Gasteiger partial charge in [0, 0.05) is 21.2 Å². The topological polar surface area (TPSA) is 0 Å². The van der Waals surface area contributed by atoms with Crippen molar-refractivity contribution in [1.82, 2.24) is 0 Å². The van der Waals surface area contributed by atoms with E-state index in [1.54, 1.807) is 0 Å². The van der Waals surface area contributed by atoms with E-state index in [1.165, 1.54) is 33.4 Å². The Morgan fingerprint density at radius 3 is 2.52 bits per heavy atom. The van der Waals surface area contributed by atoms with Gasteiger partial charge in [-0.2, -0.15) is 0 Å². The molecule has 124 valence electrons. The fourth-order valence-corrected chi connectivity index (χ4v) is 5.60. The normalized spacial score (nSPS) is 27.6. The number of fused-ring (bicyclic) bond motifs is 7. The molecule has 0 fully saturated rings. The van der Waals surface area contributed by atoms with E-state index in [2.05, 4.69) is 103 Å². The van der Waals surface area contributed by atoms with E-state index in [4.69, 9.17) is 0 Å². The van der Waals surface area contributed by atoms with Gasteiger partial charge < -0.3 is 0 Å². The molecular formula is C24H21Br. The first kappa shape index (κ1) is 15.4. The number of benzene rings is 2. The van der Waals surface area contributed by atoms with Crippen LogP contribution >= 0.6 is 15.9 Å². The zero-order valence-electron chi connectivity index (χ0n) is 14.8. The number of halogens is 1. The van der Waals surface area contributed by atoms with E-state index in [-0.39, 0.29) is 10.8 Å². The van der Waals surface area contributed by atoms with Crippen molar-refractivity contribution in [3.63, 3.8) is 0 Å². The Kier molecular flexibility index (Phi) is 2.99. The van der Waals surface area contributed by atoms with Crippen LogP contribution in [0.1, 0.15) is 43.0 Å². The molecule has 0 saturated carbocycles. The predicted molar refractivity (Wildman–Crippen MR) is 110 cm³/mol. The van der Waals surface area contributed by atoms with Gasteiger partial charge in [0.15, 0.2) is 0 Å². The van der Waals surface area contributed by atoms with Crippen LogP contribution < -0.4 is 0 Å². The van der Waals surface area contributed by atoms with Gasteiger partial charge in [-0.3, -0.25) is 0 Å². The summed E-state index contributed by atoms with van der Waals surface area (Å²) in [4.78, 5) is 0. The van der Waals surface area contributed by atoms with Gasteiger partial charge in [-0.15, -0.1) is 0 Å². The minimum absolute atomic E-state index is 0.0148. The summed E-state index contributed by atoms with van der Waals surface area (Å²) in [5, 5.41) is 0. The third kappa shape index (κ3) is 1.83. The Balaban J connectivity index is 1.92. The van der Waals surface area contributed by atoms with Crippen molar-refractivity contribution in [2.45, 2.75) is 31.6 Å². The first-order valence-electron chi connectivity index (χ1n) is 8.95. The fourth-order valence-electron chi connectivity index (χ4n) is 5.24. The van der Waals surface area contributed by atoms with Crippen molar-refractivity contribution >= 4 is 27.1 Å². The minimum atomic E-state index is 0.0148. The van der Waals surface area contributed by atoms with Crippen LogP contribution in [0.4, 0.5) is 0 Å². The van der Waals surface area contributed by atoms with Crippen LogP contribution in [-0.2, 0) is 10.8 Å². The fraction of sp³-hybridized carbons (Fsp3) is 0.250. The average molecular weight is 389 g/mol. The molecule has 2 aromatic carbocycles. The molecule has 3 aliphatic rings. The molecule has 0 radical (unpaired) electrons. The molecule has 3 aliphatic carbocycles. The van der Waals surface area contributed by atoms with Crippen molar-refractivity contribution in [2.75, 3.05) is 0 Å². The summed E-state index contributed by atoms with van der Waals surface area (Å²) in [6.45, 7) is 7.15. The van der Waals surface area contributed by atoms with Crippen molar-refractivity contribution in [3.8, 4) is 0 Å². The van der Waals surface area contributed by atoms with Crippen molar-refractivity contribution < 1.29 is 0 Å². The van der Waals surface area contributed by atoms with Crippen molar-refractivity contribution in [3.05, 3.63) is 93.5 Å². The largest absolute Gasteiger partial charge is 0.0758 e. The maximum absolute atomic E-state index is 3.68. The molecule has 25 heavy (non-hydrogen) atoms. The van der Waals surface area contributed by atoms with Gasteiger partial charge in [0.1, 0.15) is 0 Å². The number of allylic oxidation sites excluding steroid dienone is 6. The molecular weight excluding hydrogens is 368 g/mol. The van der Waals surface area contributed by atoms with Gasteiger partial charge in [0.05, 0.1) is 0 Å². The van der Waals surface area contributed by atoms with Crippen LogP contribution in [0.2, 0.25) is 0 Å². The molecule has 0 spiro atoms. The molecule has 2 atom stereocenters. The monoisotopic (exact) mass is 388 g/mol. The summed E-state index contributed by atoms with van der Waals surface area (Å²) in [7, 11) is 0. The van der Waals surface area contributed by atoms with Crippen LogP contribution in [0.5, 0.6) is 0 Å². The maximum Gasteiger partial charge on any atom is 0.0216 e. The summed E-state index contributed by atoms with van der Waals surface area (Å²) < 4.78 is 1.16. The van der Waals surface area contributed by atoms with E-state index in [0.717, 1.165) is 4.47 Å². The van der Waals surface area contributed by atoms with Gasteiger partial charge >= 0.3 is 0 Å². The first-order chi connectivity index (χ1) is 11.9. The Morgan fingerprint density at radius 2 is 1.68 bits per heavy atom. The van der Waals surface area contributed by atoms with E-state index in [0.29, 0.717) is 5.92 Å². The summed E-state index contributed by atoms with van der Waals surface area (Å²) >= 11 is 3.68. The van der Waals surface area contributed by atoms with Crippen LogP contribution in [0.25, 0.3) is 11.1 Å². The molecule has 0 amide bonds. The summed E-state index contributed by atoms with van der Waals surface area (Å²) in [6, 6.07) is 15.8. The van der Waals surface area contributed by atoms with E-state index in [1.807, 2.05) is 0 Å². The van der Waals surface area contributed by atoms with Gasteiger partial charge in [0.25, 0.3) is 0 Å².